The summed E-state index contributed by atoms with van der Waals surface area (Å²) in [6.07, 6.45) is 13.5. The molecule has 4 nitrogen and oxygen atoms in total. The number of aryl methyl sites for hydroxylation is 1. The Morgan fingerprint density at radius 3 is 2.58 bits per heavy atom. The number of anilines is 1. The summed E-state index contributed by atoms with van der Waals surface area (Å²) < 4.78 is 0. The van der Waals surface area contributed by atoms with Gasteiger partial charge in [-0.3, -0.25) is 4.79 Å². The van der Waals surface area contributed by atoms with Gasteiger partial charge < -0.3 is 10.6 Å². The number of hydrogen-bond donors (Lipinski definition) is 2. The molecule has 1 fully saturated rings. The lowest BCUT2D eigenvalue weighted by molar-refractivity contribution is -0.680. The molecule has 0 aliphatic heterocycles. The Morgan fingerprint density at radius 2 is 1.83 bits per heavy atom. The van der Waals surface area contributed by atoms with Gasteiger partial charge in [-0.1, -0.05) is 19.3 Å². The minimum absolute atomic E-state index is 0.0344. The molecule has 1 aromatic rings. The number of quaternary nitrogens is 1. The normalized spacial score (nSPS) is 19.0. The third-order valence-electron chi connectivity index (χ3n) is 5.32. The van der Waals surface area contributed by atoms with Gasteiger partial charge in [-0.2, -0.15) is 5.26 Å². The maximum atomic E-state index is 12.3. The van der Waals surface area contributed by atoms with Gasteiger partial charge in [-0.05, 0) is 56.9 Å². The van der Waals surface area contributed by atoms with E-state index in [-0.39, 0.29) is 5.91 Å². The van der Waals surface area contributed by atoms with Gasteiger partial charge in [0.2, 0.25) is 0 Å². The molecule has 0 saturated heterocycles. The number of nitrogens with one attached hydrogen (secondary N) is 1. The summed E-state index contributed by atoms with van der Waals surface area (Å²) in [7, 11) is 0. The van der Waals surface area contributed by atoms with Crippen molar-refractivity contribution in [3.05, 3.63) is 16.0 Å². The zero-order valence-corrected chi connectivity index (χ0v) is 15.2. The van der Waals surface area contributed by atoms with E-state index in [4.69, 9.17) is 0 Å². The molecule has 0 unspecified atom stereocenters. The predicted octanol–water partition coefficient (Wildman–Crippen LogP) is 3.11. The van der Waals surface area contributed by atoms with Gasteiger partial charge in [-0.15, -0.1) is 11.3 Å². The molecule has 1 saturated carbocycles. The van der Waals surface area contributed by atoms with Gasteiger partial charge in [0, 0.05) is 4.88 Å². The summed E-state index contributed by atoms with van der Waals surface area (Å²) in [4.78, 5) is 13.6. The molecule has 0 atom stereocenters. The summed E-state index contributed by atoms with van der Waals surface area (Å²) in [6, 6.07) is 2.90. The van der Waals surface area contributed by atoms with Gasteiger partial charge in [0.05, 0.1) is 11.6 Å². The van der Waals surface area contributed by atoms with Crippen molar-refractivity contribution in [3.63, 3.8) is 0 Å². The van der Waals surface area contributed by atoms with Crippen LogP contribution in [0.1, 0.15) is 73.8 Å². The van der Waals surface area contributed by atoms with Crippen LogP contribution >= 0.6 is 11.3 Å². The average Bonchev–Trinajstić information content (AvgIpc) is 2.90. The monoisotopic (exact) mass is 346 g/mol. The van der Waals surface area contributed by atoms with Crippen molar-refractivity contribution >= 4 is 22.2 Å². The van der Waals surface area contributed by atoms with Gasteiger partial charge in [0.25, 0.3) is 5.91 Å². The summed E-state index contributed by atoms with van der Waals surface area (Å²) in [5, 5.41) is 15.5. The molecular weight excluding hydrogens is 318 g/mol. The van der Waals surface area contributed by atoms with Gasteiger partial charge in [-0.25, -0.2) is 0 Å². The minimum atomic E-state index is 0.0344. The standard InChI is InChI=1S/C19H27N3OS/c20-12-16-15-10-6-7-11-17(15)24-19(16)22-18(23)13-21-14-8-4-2-1-3-5-9-14/h14,21H,1-11,13H2,(H,22,23)/p+1. The quantitative estimate of drug-likeness (QED) is 0.879. The number of hydrogen-bond acceptors (Lipinski definition) is 3. The number of nitrogens with two attached hydrogens (primary N) is 1. The van der Waals surface area contributed by atoms with Crippen LogP contribution in [0.25, 0.3) is 0 Å². The molecule has 5 heteroatoms. The average molecular weight is 347 g/mol. The van der Waals surface area contributed by atoms with Gasteiger partial charge in [0.1, 0.15) is 11.1 Å². The Bertz CT molecular complexity index is 609. The van der Waals surface area contributed by atoms with E-state index in [1.54, 1.807) is 11.3 Å². The lowest BCUT2D eigenvalue weighted by Gasteiger charge is -2.17. The maximum Gasteiger partial charge on any atom is 0.280 e. The van der Waals surface area contributed by atoms with Crippen LogP contribution in [-0.4, -0.2) is 18.5 Å². The molecule has 2 aliphatic rings. The largest absolute Gasteiger partial charge is 0.336 e. The molecular formula is C19H28N3OS+. The first kappa shape index (κ1) is 17.4. The zero-order valence-electron chi connectivity index (χ0n) is 14.4. The van der Waals surface area contributed by atoms with Crippen molar-refractivity contribution in [1.29, 1.82) is 5.26 Å². The molecule has 1 heterocycles. The molecule has 24 heavy (non-hydrogen) atoms. The second kappa shape index (κ2) is 8.64. The van der Waals surface area contributed by atoms with Crippen molar-refractivity contribution in [2.75, 3.05) is 11.9 Å². The number of thiophene rings is 1. The van der Waals surface area contributed by atoms with Crippen LogP contribution in [0.4, 0.5) is 5.00 Å². The Labute approximate surface area is 148 Å². The van der Waals surface area contributed by atoms with E-state index < -0.39 is 0 Å². The fraction of sp³-hybridized carbons (Fsp3) is 0.684. The number of nitrogens with zero attached hydrogens (tertiary/aromatic N) is 1. The molecule has 1 amide bonds. The lowest BCUT2D eigenvalue weighted by atomic mass is 9.96. The van der Waals surface area contributed by atoms with Crippen LogP contribution in [0, 0.1) is 11.3 Å². The molecule has 0 spiro atoms. The third kappa shape index (κ3) is 4.37. The second-order valence-electron chi connectivity index (χ2n) is 7.12. The number of amides is 1. The van der Waals surface area contributed by atoms with E-state index >= 15 is 0 Å². The maximum absolute atomic E-state index is 12.3. The predicted molar refractivity (Wildman–Crippen MR) is 97.2 cm³/mol. The topological polar surface area (TPSA) is 69.5 Å². The van der Waals surface area contributed by atoms with E-state index in [0.29, 0.717) is 18.2 Å². The second-order valence-corrected chi connectivity index (χ2v) is 8.23. The minimum Gasteiger partial charge on any atom is -0.336 e. The number of carbonyl (C=O) groups is 1. The summed E-state index contributed by atoms with van der Waals surface area (Å²) >= 11 is 1.61. The number of carbonyl (C=O) groups excluding carboxylic acids is 1. The first-order chi connectivity index (χ1) is 11.8. The fourth-order valence-electron chi connectivity index (χ4n) is 3.95. The highest BCUT2D eigenvalue weighted by atomic mass is 32.1. The van der Waals surface area contributed by atoms with Gasteiger partial charge in [0.15, 0.2) is 6.54 Å². The molecule has 3 N–H and O–H groups in total. The number of fused-ring (bicyclic) bond motifs is 1. The Morgan fingerprint density at radius 1 is 1.12 bits per heavy atom. The number of rotatable bonds is 4. The molecule has 0 aromatic carbocycles. The highest BCUT2D eigenvalue weighted by molar-refractivity contribution is 7.16. The zero-order chi connectivity index (χ0) is 16.8. The van der Waals surface area contributed by atoms with Crippen LogP contribution in [0.2, 0.25) is 0 Å². The van der Waals surface area contributed by atoms with E-state index in [1.165, 1.54) is 61.8 Å². The van der Waals surface area contributed by atoms with Crippen LogP contribution in [0.15, 0.2) is 0 Å². The fourth-order valence-corrected chi connectivity index (χ4v) is 5.20. The van der Waals surface area contributed by atoms with Crippen LogP contribution in [0.3, 0.4) is 0 Å². The molecule has 130 valence electrons. The van der Waals surface area contributed by atoms with Crippen LogP contribution in [0.5, 0.6) is 0 Å². The van der Waals surface area contributed by atoms with Gasteiger partial charge >= 0.3 is 0 Å². The molecule has 1 aromatic heterocycles. The molecule has 0 radical (unpaired) electrons. The van der Waals surface area contributed by atoms with Crippen molar-refractivity contribution < 1.29 is 10.1 Å². The smallest absolute Gasteiger partial charge is 0.280 e. The SMILES string of the molecule is N#Cc1c(NC(=O)C[NH2+]C2CCCCCCC2)sc2c1CCCC2. The Kier molecular flexibility index (Phi) is 6.28. The summed E-state index contributed by atoms with van der Waals surface area (Å²) in [5.41, 5.74) is 1.90. The highest BCUT2D eigenvalue weighted by Crippen LogP contribution is 2.37. The summed E-state index contributed by atoms with van der Waals surface area (Å²) in [5.74, 6) is 0.0344. The first-order valence-corrected chi connectivity index (χ1v) is 10.3. The Balaban J connectivity index is 1.55. The van der Waals surface area contributed by atoms with E-state index in [9.17, 15) is 10.1 Å². The van der Waals surface area contributed by atoms with Crippen molar-refractivity contribution in [2.24, 2.45) is 0 Å². The van der Waals surface area contributed by atoms with E-state index in [0.717, 1.165) is 24.3 Å². The van der Waals surface area contributed by atoms with Crippen LogP contribution in [-0.2, 0) is 17.6 Å². The number of nitriles is 1. The summed E-state index contributed by atoms with van der Waals surface area (Å²) in [6.45, 7) is 0.470. The van der Waals surface area contributed by atoms with Crippen LogP contribution < -0.4 is 10.6 Å². The highest BCUT2D eigenvalue weighted by Gasteiger charge is 2.22. The molecule has 2 aliphatic carbocycles. The Hall–Kier alpha value is -1.38. The van der Waals surface area contributed by atoms with Crippen molar-refractivity contribution in [3.8, 4) is 6.07 Å². The molecule has 0 bridgehead atoms. The van der Waals surface area contributed by atoms with Crippen molar-refractivity contribution in [2.45, 2.75) is 76.7 Å². The molecule has 3 rings (SSSR count). The third-order valence-corrected chi connectivity index (χ3v) is 6.53. The first-order valence-electron chi connectivity index (χ1n) is 9.45. The lowest BCUT2D eigenvalue weighted by Crippen LogP contribution is -2.91. The van der Waals surface area contributed by atoms with E-state index in [2.05, 4.69) is 16.7 Å². The van der Waals surface area contributed by atoms with E-state index in [1.807, 2.05) is 0 Å². The van der Waals surface area contributed by atoms with Crippen molar-refractivity contribution in [1.82, 2.24) is 0 Å².